The Labute approximate surface area is 74.2 Å². The van der Waals surface area contributed by atoms with Gasteiger partial charge in [-0.2, -0.15) is 0 Å². The van der Waals surface area contributed by atoms with E-state index < -0.39 is 0 Å². The summed E-state index contributed by atoms with van der Waals surface area (Å²) in [5, 5.41) is 9.68. The molecule has 0 amide bonds. The molecular weight excluding hydrogens is 152 g/mol. The summed E-state index contributed by atoms with van der Waals surface area (Å²) in [5.74, 6) is 0.365. The van der Waals surface area contributed by atoms with Crippen molar-refractivity contribution >= 4 is 0 Å². The van der Waals surface area contributed by atoms with Crippen LogP contribution in [0.5, 0.6) is 0 Å². The van der Waals surface area contributed by atoms with Crippen molar-refractivity contribution in [1.82, 2.24) is 0 Å². The van der Waals surface area contributed by atoms with Crippen LogP contribution in [0, 0.1) is 5.92 Å². The fourth-order valence-electron chi connectivity index (χ4n) is 1.49. The second-order valence-corrected chi connectivity index (χ2v) is 3.69. The highest BCUT2D eigenvalue weighted by atomic mass is 16.5. The van der Waals surface area contributed by atoms with E-state index in [2.05, 4.69) is 6.58 Å². The van der Waals surface area contributed by atoms with Gasteiger partial charge >= 0.3 is 0 Å². The maximum absolute atomic E-state index is 9.68. The van der Waals surface area contributed by atoms with Crippen molar-refractivity contribution in [2.24, 2.45) is 5.92 Å². The molecule has 1 fully saturated rings. The van der Waals surface area contributed by atoms with E-state index in [0.29, 0.717) is 5.92 Å². The van der Waals surface area contributed by atoms with Crippen LogP contribution in [0.3, 0.4) is 0 Å². The molecule has 2 atom stereocenters. The number of hydrogen-bond acceptors (Lipinski definition) is 2. The summed E-state index contributed by atoms with van der Waals surface area (Å²) in [4.78, 5) is 0. The van der Waals surface area contributed by atoms with Crippen molar-refractivity contribution in [1.29, 1.82) is 0 Å². The third-order valence-corrected chi connectivity index (χ3v) is 2.38. The summed E-state index contributed by atoms with van der Waals surface area (Å²) in [6.07, 6.45) is 2.59. The number of aliphatic hydroxyl groups is 1. The van der Waals surface area contributed by atoms with Gasteiger partial charge < -0.3 is 9.84 Å². The van der Waals surface area contributed by atoms with Crippen LogP contribution in [-0.2, 0) is 4.74 Å². The Morgan fingerprint density at radius 3 is 3.00 bits per heavy atom. The average Bonchev–Trinajstić information content (AvgIpc) is 2.51. The maximum atomic E-state index is 9.68. The van der Waals surface area contributed by atoms with Gasteiger partial charge in [-0.25, -0.2) is 0 Å². The molecular formula is C10H18O2. The second kappa shape index (κ2) is 4.63. The van der Waals surface area contributed by atoms with Gasteiger partial charge in [0.25, 0.3) is 0 Å². The normalized spacial score (nSPS) is 25.7. The minimum absolute atomic E-state index is 0.191. The Morgan fingerprint density at radius 1 is 1.75 bits per heavy atom. The van der Waals surface area contributed by atoms with Crippen LogP contribution in [-0.4, -0.2) is 24.4 Å². The van der Waals surface area contributed by atoms with Crippen LogP contribution in [0.2, 0.25) is 0 Å². The highest BCUT2D eigenvalue weighted by Crippen LogP contribution is 2.20. The van der Waals surface area contributed by atoms with Gasteiger partial charge in [0.15, 0.2) is 0 Å². The van der Waals surface area contributed by atoms with Crippen LogP contribution in [0.1, 0.15) is 26.2 Å². The highest BCUT2D eigenvalue weighted by molar-refractivity contribution is 4.89. The summed E-state index contributed by atoms with van der Waals surface area (Å²) in [6, 6.07) is 0. The third kappa shape index (κ3) is 2.95. The predicted octanol–water partition coefficient (Wildman–Crippen LogP) is 1.74. The van der Waals surface area contributed by atoms with Gasteiger partial charge in [0.05, 0.1) is 12.7 Å². The molecule has 0 aromatic heterocycles. The monoisotopic (exact) mass is 170 g/mol. The lowest BCUT2D eigenvalue weighted by Gasteiger charge is -2.15. The molecule has 2 unspecified atom stereocenters. The first-order chi connectivity index (χ1) is 5.70. The Kier molecular flexibility index (Phi) is 3.76. The van der Waals surface area contributed by atoms with Gasteiger partial charge in [-0.15, -0.1) is 6.58 Å². The van der Waals surface area contributed by atoms with Crippen LogP contribution in [0.15, 0.2) is 12.2 Å². The predicted molar refractivity (Wildman–Crippen MR) is 49.0 cm³/mol. The van der Waals surface area contributed by atoms with E-state index in [4.69, 9.17) is 4.74 Å². The van der Waals surface area contributed by atoms with Crippen LogP contribution >= 0.6 is 0 Å². The van der Waals surface area contributed by atoms with Gasteiger partial charge in [0.1, 0.15) is 0 Å². The Balaban J connectivity index is 2.17. The molecule has 0 bridgehead atoms. The quantitative estimate of drug-likeness (QED) is 0.651. The van der Waals surface area contributed by atoms with E-state index in [-0.39, 0.29) is 6.10 Å². The summed E-state index contributed by atoms with van der Waals surface area (Å²) < 4.78 is 5.20. The molecule has 2 nitrogen and oxygen atoms in total. The minimum atomic E-state index is -0.191. The Hall–Kier alpha value is -0.340. The first-order valence-electron chi connectivity index (χ1n) is 4.60. The molecule has 1 rings (SSSR count). The van der Waals surface area contributed by atoms with Crippen molar-refractivity contribution < 1.29 is 9.84 Å². The number of aliphatic hydroxyl groups excluding tert-OH is 1. The number of rotatable bonds is 4. The molecule has 70 valence electrons. The molecule has 0 spiro atoms. The number of hydrogen-bond donors (Lipinski definition) is 1. The van der Waals surface area contributed by atoms with E-state index >= 15 is 0 Å². The summed E-state index contributed by atoms with van der Waals surface area (Å²) in [6.45, 7) is 7.36. The van der Waals surface area contributed by atoms with Gasteiger partial charge in [-0.3, -0.25) is 0 Å². The molecule has 0 aromatic carbocycles. The van der Waals surface area contributed by atoms with Crippen molar-refractivity contribution in [3.8, 4) is 0 Å². The van der Waals surface area contributed by atoms with Crippen molar-refractivity contribution in [3.05, 3.63) is 12.2 Å². The van der Waals surface area contributed by atoms with Crippen LogP contribution < -0.4 is 0 Å². The van der Waals surface area contributed by atoms with Crippen LogP contribution in [0.4, 0.5) is 0 Å². The fraction of sp³-hybridized carbons (Fsp3) is 0.800. The van der Waals surface area contributed by atoms with Crippen LogP contribution in [0.25, 0.3) is 0 Å². The second-order valence-electron chi connectivity index (χ2n) is 3.69. The molecule has 1 saturated heterocycles. The van der Waals surface area contributed by atoms with E-state index in [1.165, 1.54) is 0 Å². The molecule has 1 aliphatic heterocycles. The molecule has 1 aliphatic rings. The van der Waals surface area contributed by atoms with Gasteiger partial charge in [-0.1, -0.05) is 5.57 Å². The summed E-state index contributed by atoms with van der Waals surface area (Å²) in [5.41, 5.74) is 1.15. The lowest BCUT2D eigenvalue weighted by atomic mass is 9.96. The number of ether oxygens (including phenoxy) is 1. The molecule has 0 aromatic rings. The zero-order chi connectivity index (χ0) is 8.97. The largest absolute Gasteiger partial charge is 0.393 e. The molecule has 2 heteroatoms. The third-order valence-electron chi connectivity index (χ3n) is 2.38. The Bertz CT molecular complexity index is 148. The van der Waals surface area contributed by atoms with Gasteiger partial charge in [0, 0.05) is 12.5 Å². The van der Waals surface area contributed by atoms with E-state index in [1.54, 1.807) is 0 Å². The van der Waals surface area contributed by atoms with E-state index in [0.717, 1.165) is 38.0 Å². The van der Waals surface area contributed by atoms with Crippen molar-refractivity contribution in [2.45, 2.75) is 32.3 Å². The average molecular weight is 170 g/mol. The molecule has 0 saturated carbocycles. The summed E-state index contributed by atoms with van der Waals surface area (Å²) >= 11 is 0. The number of allylic oxidation sites excluding steroid dienone is 1. The van der Waals surface area contributed by atoms with Crippen molar-refractivity contribution in [3.63, 3.8) is 0 Å². The molecule has 0 radical (unpaired) electrons. The Morgan fingerprint density at radius 2 is 2.50 bits per heavy atom. The lowest BCUT2D eigenvalue weighted by molar-refractivity contribution is 0.0851. The van der Waals surface area contributed by atoms with E-state index in [9.17, 15) is 5.11 Å². The van der Waals surface area contributed by atoms with Gasteiger partial charge in [-0.05, 0) is 26.2 Å². The summed E-state index contributed by atoms with van der Waals surface area (Å²) in [7, 11) is 0. The zero-order valence-corrected chi connectivity index (χ0v) is 7.75. The smallest absolute Gasteiger partial charge is 0.0594 e. The molecule has 1 N–H and O–H groups in total. The molecule has 12 heavy (non-hydrogen) atoms. The molecule has 1 heterocycles. The van der Waals surface area contributed by atoms with E-state index in [1.807, 2.05) is 6.92 Å². The minimum Gasteiger partial charge on any atom is -0.393 e. The van der Waals surface area contributed by atoms with Crippen molar-refractivity contribution in [2.75, 3.05) is 13.2 Å². The first-order valence-corrected chi connectivity index (χ1v) is 4.60. The lowest BCUT2D eigenvalue weighted by Crippen LogP contribution is -2.20. The van der Waals surface area contributed by atoms with Gasteiger partial charge in [0.2, 0.25) is 0 Å². The fourth-order valence-corrected chi connectivity index (χ4v) is 1.49. The standard InChI is InChI=1S/C10H18O2/c1-8(2)3-4-10(11)9-5-6-12-7-9/h9-11H,1,3-7H2,2H3. The SMILES string of the molecule is C=C(C)CCC(O)C1CCOC1. The molecule has 0 aliphatic carbocycles. The zero-order valence-electron chi connectivity index (χ0n) is 7.75. The topological polar surface area (TPSA) is 29.5 Å². The highest BCUT2D eigenvalue weighted by Gasteiger charge is 2.23. The maximum Gasteiger partial charge on any atom is 0.0594 e. The first kappa shape index (κ1) is 9.75.